The van der Waals surface area contributed by atoms with E-state index in [1.807, 2.05) is 38.1 Å². The SMILES string of the molecule is C=CCC(C)(C)/[N+]([O-])=C/c1ccc(Br)cc1. The van der Waals surface area contributed by atoms with Crippen LogP contribution in [0.2, 0.25) is 0 Å². The van der Waals surface area contributed by atoms with Gasteiger partial charge in [-0.25, -0.2) is 4.74 Å². The molecule has 86 valence electrons. The standard InChI is InChI=1S/C13H16BrNO/c1-4-9-13(2,3)15(16)10-11-5-7-12(14)8-6-11/h4-8,10H,1,9H2,2-3H3/b15-10-. The Morgan fingerprint density at radius 1 is 1.38 bits per heavy atom. The lowest BCUT2D eigenvalue weighted by Crippen LogP contribution is -2.32. The minimum Gasteiger partial charge on any atom is -0.623 e. The molecule has 2 nitrogen and oxygen atoms in total. The van der Waals surface area contributed by atoms with E-state index in [1.54, 1.807) is 12.3 Å². The van der Waals surface area contributed by atoms with Gasteiger partial charge in [0.15, 0.2) is 11.8 Å². The maximum Gasteiger partial charge on any atom is 0.182 e. The van der Waals surface area contributed by atoms with Crippen LogP contribution in [0.25, 0.3) is 0 Å². The Balaban J connectivity index is 2.91. The summed E-state index contributed by atoms with van der Waals surface area (Å²) < 4.78 is 1.99. The van der Waals surface area contributed by atoms with E-state index in [0.29, 0.717) is 6.42 Å². The van der Waals surface area contributed by atoms with E-state index in [9.17, 15) is 5.21 Å². The summed E-state index contributed by atoms with van der Waals surface area (Å²) in [4.78, 5) is 0. The Morgan fingerprint density at radius 2 is 1.94 bits per heavy atom. The summed E-state index contributed by atoms with van der Waals surface area (Å²) in [7, 11) is 0. The van der Waals surface area contributed by atoms with Gasteiger partial charge in [0, 0.05) is 30.3 Å². The number of benzene rings is 1. The molecule has 0 unspecified atom stereocenters. The second kappa shape index (κ2) is 5.30. The molecule has 1 aromatic rings. The highest BCUT2D eigenvalue weighted by Gasteiger charge is 2.24. The van der Waals surface area contributed by atoms with E-state index < -0.39 is 5.54 Å². The molecule has 0 radical (unpaired) electrons. The largest absolute Gasteiger partial charge is 0.623 e. The molecular formula is C13H16BrNO. The predicted molar refractivity (Wildman–Crippen MR) is 71.8 cm³/mol. The van der Waals surface area contributed by atoms with E-state index in [4.69, 9.17) is 0 Å². The molecule has 16 heavy (non-hydrogen) atoms. The van der Waals surface area contributed by atoms with Gasteiger partial charge in [0.25, 0.3) is 0 Å². The first-order chi connectivity index (χ1) is 7.45. The van der Waals surface area contributed by atoms with Gasteiger partial charge < -0.3 is 5.21 Å². The molecule has 0 spiro atoms. The summed E-state index contributed by atoms with van der Waals surface area (Å²) in [5, 5.41) is 11.9. The minimum absolute atomic E-state index is 0.450. The molecule has 0 heterocycles. The van der Waals surface area contributed by atoms with Crippen LogP contribution >= 0.6 is 15.9 Å². The summed E-state index contributed by atoms with van der Waals surface area (Å²) in [6.07, 6.45) is 4.03. The quantitative estimate of drug-likeness (QED) is 0.272. The topological polar surface area (TPSA) is 26.1 Å². The Kier molecular flexibility index (Phi) is 4.30. The highest BCUT2D eigenvalue weighted by atomic mass is 79.9. The third kappa shape index (κ3) is 3.49. The van der Waals surface area contributed by atoms with Crippen LogP contribution in [0.1, 0.15) is 25.8 Å². The van der Waals surface area contributed by atoms with Gasteiger partial charge in [0.2, 0.25) is 0 Å². The molecular weight excluding hydrogens is 266 g/mol. The van der Waals surface area contributed by atoms with E-state index in [-0.39, 0.29) is 0 Å². The van der Waals surface area contributed by atoms with Gasteiger partial charge in [-0.2, -0.15) is 0 Å². The second-order valence-corrected chi connectivity index (χ2v) is 5.23. The zero-order chi connectivity index (χ0) is 12.2. The highest BCUT2D eigenvalue weighted by Crippen LogP contribution is 2.14. The fourth-order valence-corrected chi connectivity index (χ4v) is 1.57. The van der Waals surface area contributed by atoms with E-state index >= 15 is 0 Å². The number of halogens is 1. The maximum absolute atomic E-state index is 11.9. The molecule has 0 amide bonds. The van der Waals surface area contributed by atoms with Crippen LogP contribution in [-0.2, 0) is 0 Å². The van der Waals surface area contributed by atoms with Gasteiger partial charge >= 0.3 is 0 Å². The van der Waals surface area contributed by atoms with Crippen LogP contribution in [0.15, 0.2) is 41.4 Å². The Labute approximate surface area is 105 Å². The summed E-state index contributed by atoms with van der Waals surface area (Å²) in [6.45, 7) is 7.46. The van der Waals surface area contributed by atoms with E-state index in [2.05, 4.69) is 22.5 Å². The van der Waals surface area contributed by atoms with E-state index in [0.717, 1.165) is 14.8 Å². The lowest BCUT2D eigenvalue weighted by atomic mass is 10.0. The molecule has 1 rings (SSSR count). The summed E-state index contributed by atoms with van der Waals surface area (Å²) in [5.74, 6) is 0. The van der Waals surface area contributed by atoms with Crippen molar-refractivity contribution in [2.75, 3.05) is 0 Å². The van der Waals surface area contributed by atoms with Crippen LogP contribution < -0.4 is 0 Å². The van der Waals surface area contributed by atoms with Crippen molar-refractivity contribution in [3.8, 4) is 0 Å². The van der Waals surface area contributed by atoms with Crippen molar-refractivity contribution in [2.24, 2.45) is 0 Å². The molecule has 0 aliphatic rings. The van der Waals surface area contributed by atoms with Crippen LogP contribution in [0.5, 0.6) is 0 Å². The molecule has 0 saturated heterocycles. The van der Waals surface area contributed by atoms with Crippen LogP contribution in [0, 0.1) is 5.21 Å². The molecule has 0 atom stereocenters. The van der Waals surface area contributed by atoms with Crippen LogP contribution in [0.4, 0.5) is 0 Å². The first-order valence-corrected chi connectivity index (χ1v) is 5.93. The van der Waals surface area contributed by atoms with Crippen molar-refractivity contribution >= 4 is 22.1 Å². The number of hydrogen-bond donors (Lipinski definition) is 0. The molecule has 0 aliphatic carbocycles. The molecule has 0 N–H and O–H groups in total. The fraction of sp³-hybridized carbons (Fsp3) is 0.308. The third-order valence-corrected chi connectivity index (χ3v) is 2.91. The number of nitrogens with zero attached hydrogens (tertiary/aromatic N) is 1. The van der Waals surface area contributed by atoms with E-state index in [1.165, 1.54) is 0 Å². The normalized spacial score (nSPS) is 12.6. The first-order valence-electron chi connectivity index (χ1n) is 5.13. The lowest BCUT2D eigenvalue weighted by molar-refractivity contribution is -0.535. The minimum atomic E-state index is -0.450. The zero-order valence-electron chi connectivity index (χ0n) is 9.61. The number of hydrogen-bond acceptors (Lipinski definition) is 1. The molecule has 0 aliphatic heterocycles. The summed E-state index contributed by atoms with van der Waals surface area (Å²) in [6, 6.07) is 7.64. The Bertz CT molecular complexity index is 393. The average Bonchev–Trinajstić information content (AvgIpc) is 2.21. The van der Waals surface area contributed by atoms with Gasteiger partial charge in [-0.15, -0.1) is 6.58 Å². The monoisotopic (exact) mass is 281 g/mol. The first kappa shape index (κ1) is 13.0. The zero-order valence-corrected chi connectivity index (χ0v) is 11.2. The predicted octanol–water partition coefficient (Wildman–Crippen LogP) is 3.73. The Morgan fingerprint density at radius 3 is 2.44 bits per heavy atom. The van der Waals surface area contributed by atoms with Crippen LogP contribution in [0.3, 0.4) is 0 Å². The smallest absolute Gasteiger partial charge is 0.182 e. The van der Waals surface area contributed by atoms with Crippen LogP contribution in [-0.4, -0.2) is 16.5 Å². The highest BCUT2D eigenvalue weighted by molar-refractivity contribution is 9.10. The molecule has 0 aromatic heterocycles. The number of hydroxylamine groups is 1. The van der Waals surface area contributed by atoms with Crippen molar-refractivity contribution in [3.63, 3.8) is 0 Å². The Hall–Kier alpha value is -1.09. The maximum atomic E-state index is 11.9. The number of rotatable bonds is 4. The van der Waals surface area contributed by atoms with Crippen molar-refractivity contribution in [1.29, 1.82) is 0 Å². The fourth-order valence-electron chi connectivity index (χ4n) is 1.30. The summed E-state index contributed by atoms with van der Waals surface area (Å²) in [5.41, 5.74) is 0.449. The van der Waals surface area contributed by atoms with Crippen molar-refractivity contribution < 1.29 is 4.74 Å². The summed E-state index contributed by atoms with van der Waals surface area (Å²) >= 11 is 3.36. The van der Waals surface area contributed by atoms with Crippen molar-refractivity contribution in [1.82, 2.24) is 0 Å². The third-order valence-electron chi connectivity index (χ3n) is 2.38. The molecule has 1 aromatic carbocycles. The molecule has 0 fully saturated rings. The average molecular weight is 282 g/mol. The van der Waals surface area contributed by atoms with Gasteiger partial charge in [0.05, 0.1) is 0 Å². The van der Waals surface area contributed by atoms with Gasteiger partial charge in [-0.1, -0.05) is 22.0 Å². The second-order valence-electron chi connectivity index (χ2n) is 4.31. The lowest BCUT2D eigenvalue weighted by Gasteiger charge is -2.22. The molecule has 0 bridgehead atoms. The van der Waals surface area contributed by atoms with Gasteiger partial charge in [-0.05, 0) is 24.3 Å². The molecule has 3 heteroatoms. The van der Waals surface area contributed by atoms with Crippen molar-refractivity contribution in [2.45, 2.75) is 25.8 Å². The van der Waals surface area contributed by atoms with Gasteiger partial charge in [0.1, 0.15) is 0 Å². The van der Waals surface area contributed by atoms with Gasteiger partial charge in [-0.3, -0.25) is 0 Å². The van der Waals surface area contributed by atoms with Crippen molar-refractivity contribution in [3.05, 3.63) is 52.2 Å². The molecule has 0 saturated carbocycles.